The number of pyridine rings is 1. The Morgan fingerprint density at radius 3 is 2.60 bits per heavy atom. The van der Waals surface area contributed by atoms with Crippen LogP contribution in [0.4, 0.5) is 5.69 Å². The molecule has 0 atom stereocenters. The molecule has 1 aromatic rings. The Hall–Kier alpha value is -1.58. The molecule has 1 aliphatic carbocycles. The van der Waals surface area contributed by atoms with Gasteiger partial charge in [0.1, 0.15) is 5.69 Å². The summed E-state index contributed by atoms with van der Waals surface area (Å²) in [6.07, 6.45) is 9.51. The molecule has 0 radical (unpaired) electrons. The molecule has 1 saturated heterocycles. The Morgan fingerprint density at radius 2 is 1.95 bits per heavy atom. The van der Waals surface area contributed by atoms with Gasteiger partial charge in [-0.25, -0.2) is 0 Å². The number of carbonyl (C=O) groups is 1. The highest BCUT2D eigenvalue weighted by molar-refractivity contribution is 5.93. The van der Waals surface area contributed by atoms with Crippen LogP contribution in [-0.4, -0.2) is 35.9 Å². The number of aromatic nitrogens is 1. The van der Waals surface area contributed by atoms with Gasteiger partial charge in [-0.2, -0.15) is 0 Å². The fraction of sp³-hybridized carbons (Fsp3) is 0.625. The largest absolute Gasteiger partial charge is 0.388 e. The van der Waals surface area contributed by atoms with Crippen LogP contribution in [-0.2, 0) is 0 Å². The molecule has 2 fully saturated rings. The fourth-order valence-electron chi connectivity index (χ4n) is 3.67. The highest BCUT2D eigenvalue weighted by atomic mass is 16.2. The SMILES string of the molecule is CNc1ccnc(C(=O)N2CCC3(CCCC3)CC2)c1. The van der Waals surface area contributed by atoms with Gasteiger partial charge in [-0.3, -0.25) is 9.78 Å². The highest BCUT2D eigenvalue weighted by Gasteiger charge is 2.38. The average molecular weight is 273 g/mol. The maximum Gasteiger partial charge on any atom is 0.272 e. The zero-order valence-electron chi connectivity index (χ0n) is 12.2. The van der Waals surface area contributed by atoms with Gasteiger partial charge in [0.2, 0.25) is 0 Å². The van der Waals surface area contributed by atoms with Crippen LogP contribution in [0.5, 0.6) is 0 Å². The van der Waals surface area contributed by atoms with Gasteiger partial charge in [0.25, 0.3) is 5.91 Å². The second-order valence-electron chi connectivity index (χ2n) is 6.18. The molecule has 1 N–H and O–H groups in total. The summed E-state index contributed by atoms with van der Waals surface area (Å²) in [7, 11) is 1.86. The predicted molar refractivity (Wildman–Crippen MR) is 79.8 cm³/mol. The van der Waals surface area contributed by atoms with Crippen molar-refractivity contribution in [1.82, 2.24) is 9.88 Å². The van der Waals surface area contributed by atoms with Gasteiger partial charge in [0, 0.05) is 32.0 Å². The van der Waals surface area contributed by atoms with Crippen LogP contribution in [0.3, 0.4) is 0 Å². The lowest BCUT2D eigenvalue weighted by Crippen LogP contribution is -2.42. The number of nitrogens with zero attached hydrogens (tertiary/aromatic N) is 2. The molecule has 4 heteroatoms. The molecular weight excluding hydrogens is 250 g/mol. The van der Waals surface area contributed by atoms with Crippen molar-refractivity contribution in [2.75, 3.05) is 25.5 Å². The lowest BCUT2D eigenvalue weighted by atomic mass is 9.77. The zero-order chi connectivity index (χ0) is 14.0. The number of carbonyl (C=O) groups excluding carboxylic acids is 1. The van der Waals surface area contributed by atoms with Crippen molar-refractivity contribution in [2.45, 2.75) is 38.5 Å². The van der Waals surface area contributed by atoms with E-state index in [1.807, 2.05) is 24.1 Å². The molecule has 3 rings (SSSR count). The molecule has 0 aromatic carbocycles. The van der Waals surface area contributed by atoms with Gasteiger partial charge in [-0.15, -0.1) is 0 Å². The van der Waals surface area contributed by atoms with Crippen LogP contribution >= 0.6 is 0 Å². The smallest absolute Gasteiger partial charge is 0.272 e. The van der Waals surface area contributed by atoms with E-state index in [1.54, 1.807) is 6.20 Å². The Morgan fingerprint density at radius 1 is 1.25 bits per heavy atom. The van der Waals surface area contributed by atoms with Gasteiger partial charge in [-0.1, -0.05) is 12.8 Å². The second-order valence-corrected chi connectivity index (χ2v) is 6.18. The minimum absolute atomic E-state index is 0.0787. The van der Waals surface area contributed by atoms with Crippen molar-refractivity contribution < 1.29 is 4.79 Å². The molecule has 0 unspecified atom stereocenters. The molecule has 1 spiro atoms. The van der Waals surface area contributed by atoms with Crippen molar-refractivity contribution in [3.63, 3.8) is 0 Å². The first kappa shape index (κ1) is 13.4. The quantitative estimate of drug-likeness (QED) is 0.901. The summed E-state index contributed by atoms with van der Waals surface area (Å²) in [5.74, 6) is 0.0787. The van der Waals surface area contributed by atoms with Gasteiger partial charge >= 0.3 is 0 Å². The molecule has 0 bridgehead atoms. The number of likely N-dealkylation sites (tertiary alicyclic amines) is 1. The summed E-state index contributed by atoms with van der Waals surface area (Å²) in [6.45, 7) is 1.79. The Kier molecular flexibility index (Phi) is 3.64. The van der Waals surface area contributed by atoms with Gasteiger partial charge in [0.15, 0.2) is 0 Å². The van der Waals surface area contributed by atoms with Crippen molar-refractivity contribution >= 4 is 11.6 Å². The normalized spacial score (nSPS) is 21.1. The summed E-state index contributed by atoms with van der Waals surface area (Å²) < 4.78 is 0. The standard InChI is InChI=1S/C16H23N3O/c1-17-13-4-9-18-14(12-13)15(20)19-10-7-16(8-11-19)5-2-3-6-16/h4,9,12H,2-3,5-8,10-11H2,1H3,(H,17,18). The maximum absolute atomic E-state index is 12.5. The fourth-order valence-corrected chi connectivity index (χ4v) is 3.67. The van der Waals surface area contributed by atoms with E-state index in [1.165, 1.54) is 38.5 Å². The van der Waals surface area contributed by atoms with E-state index in [2.05, 4.69) is 10.3 Å². The minimum Gasteiger partial charge on any atom is -0.388 e. The first-order chi connectivity index (χ1) is 9.72. The summed E-state index contributed by atoms with van der Waals surface area (Å²) in [6, 6.07) is 3.71. The molecule has 1 aromatic heterocycles. The van der Waals surface area contributed by atoms with E-state index in [9.17, 15) is 4.79 Å². The van der Waals surface area contributed by atoms with Crippen molar-refractivity contribution in [1.29, 1.82) is 0 Å². The number of piperidine rings is 1. The Balaban J connectivity index is 1.66. The van der Waals surface area contributed by atoms with Gasteiger partial charge in [-0.05, 0) is 43.2 Å². The van der Waals surface area contributed by atoms with Crippen LogP contribution in [0.1, 0.15) is 49.0 Å². The van der Waals surface area contributed by atoms with Crippen LogP contribution in [0.2, 0.25) is 0 Å². The van der Waals surface area contributed by atoms with E-state index in [4.69, 9.17) is 0 Å². The molecule has 4 nitrogen and oxygen atoms in total. The summed E-state index contributed by atoms with van der Waals surface area (Å²) >= 11 is 0. The lowest BCUT2D eigenvalue weighted by Gasteiger charge is -2.39. The minimum atomic E-state index is 0.0787. The second kappa shape index (κ2) is 5.43. The van der Waals surface area contributed by atoms with E-state index in [0.717, 1.165) is 18.8 Å². The maximum atomic E-state index is 12.5. The molecule has 1 saturated carbocycles. The molecule has 1 amide bonds. The highest BCUT2D eigenvalue weighted by Crippen LogP contribution is 2.46. The molecular formula is C16H23N3O. The third-order valence-electron chi connectivity index (χ3n) is 5.04. The zero-order valence-corrected chi connectivity index (χ0v) is 12.2. The van der Waals surface area contributed by atoms with Gasteiger partial charge < -0.3 is 10.2 Å². The molecule has 20 heavy (non-hydrogen) atoms. The third kappa shape index (κ3) is 2.51. The summed E-state index contributed by atoms with van der Waals surface area (Å²) in [5, 5.41) is 3.05. The van der Waals surface area contributed by atoms with Crippen molar-refractivity contribution in [2.24, 2.45) is 5.41 Å². The molecule has 2 heterocycles. The third-order valence-corrected chi connectivity index (χ3v) is 5.04. The first-order valence-corrected chi connectivity index (χ1v) is 7.66. The van der Waals surface area contributed by atoms with E-state index >= 15 is 0 Å². The lowest BCUT2D eigenvalue weighted by molar-refractivity contribution is 0.0582. The Labute approximate surface area is 120 Å². The predicted octanol–water partition coefficient (Wildman–Crippen LogP) is 2.92. The number of anilines is 1. The van der Waals surface area contributed by atoms with Crippen LogP contribution < -0.4 is 5.32 Å². The number of nitrogens with one attached hydrogen (secondary N) is 1. The molecule has 2 aliphatic rings. The average Bonchev–Trinajstić information content (AvgIpc) is 2.96. The molecule has 108 valence electrons. The monoisotopic (exact) mass is 273 g/mol. The Bertz CT molecular complexity index is 484. The number of hydrogen-bond donors (Lipinski definition) is 1. The number of amides is 1. The number of hydrogen-bond acceptors (Lipinski definition) is 3. The van der Waals surface area contributed by atoms with Crippen LogP contribution in [0, 0.1) is 5.41 Å². The van der Waals surface area contributed by atoms with Crippen LogP contribution in [0.25, 0.3) is 0 Å². The van der Waals surface area contributed by atoms with Crippen molar-refractivity contribution in [3.05, 3.63) is 24.0 Å². The summed E-state index contributed by atoms with van der Waals surface area (Å²) in [4.78, 5) is 18.7. The topological polar surface area (TPSA) is 45.2 Å². The van der Waals surface area contributed by atoms with Crippen LogP contribution in [0.15, 0.2) is 18.3 Å². The first-order valence-electron chi connectivity index (χ1n) is 7.66. The van der Waals surface area contributed by atoms with E-state index in [0.29, 0.717) is 11.1 Å². The molecule has 1 aliphatic heterocycles. The summed E-state index contributed by atoms with van der Waals surface area (Å²) in [5.41, 5.74) is 2.05. The van der Waals surface area contributed by atoms with E-state index in [-0.39, 0.29) is 5.91 Å². The number of rotatable bonds is 2. The van der Waals surface area contributed by atoms with E-state index < -0.39 is 0 Å². The van der Waals surface area contributed by atoms with Crippen molar-refractivity contribution in [3.8, 4) is 0 Å². The van der Waals surface area contributed by atoms with Gasteiger partial charge in [0.05, 0.1) is 0 Å².